The highest BCUT2D eigenvalue weighted by molar-refractivity contribution is 5.93. The van der Waals surface area contributed by atoms with Crippen molar-refractivity contribution in [3.8, 4) is 11.1 Å². The highest BCUT2D eigenvalue weighted by Gasteiger charge is 2.05. The third-order valence-electron chi connectivity index (χ3n) is 2.60. The first kappa shape index (κ1) is 10.4. The fourth-order valence-corrected chi connectivity index (χ4v) is 1.76. The molecule has 1 amide bonds. The summed E-state index contributed by atoms with van der Waals surface area (Å²) in [6.07, 6.45) is 0. The van der Waals surface area contributed by atoms with E-state index < -0.39 is 0 Å². The van der Waals surface area contributed by atoms with Crippen molar-refractivity contribution in [1.29, 1.82) is 0 Å². The lowest BCUT2D eigenvalue weighted by atomic mass is 9.98. The van der Waals surface area contributed by atoms with Crippen LogP contribution in [0.25, 0.3) is 11.1 Å². The number of nitrogens with two attached hydrogens (primary N) is 1. The maximum Gasteiger partial charge on any atom is 0.248 e. The molecule has 16 heavy (non-hydrogen) atoms. The Balaban J connectivity index is 2.48. The summed E-state index contributed by atoms with van der Waals surface area (Å²) in [6, 6.07) is 15.6. The van der Waals surface area contributed by atoms with E-state index in [2.05, 4.69) is 0 Å². The van der Waals surface area contributed by atoms with Crippen LogP contribution >= 0.6 is 0 Å². The molecule has 2 aromatic rings. The fraction of sp³-hybridized carbons (Fsp3) is 0.0714. The molecule has 80 valence electrons. The van der Waals surface area contributed by atoms with Gasteiger partial charge in [0.05, 0.1) is 0 Å². The Morgan fingerprint density at radius 2 is 1.75 bits per heavy atom. The third-order valence-corrected chi connectivity index (χ3v) is 2.60. The average Bonchev–Trinajstić information content (AvgIpc) is 2.30. The van der Waals surface area contributed by atoms with E-state index in [9.17, 15) is 4.79 Å². The van der Waals surface area contributed by atoms with E-state index in [4.69, 9.17) is 5.73 Å². The first-order valence-electron chi connectivity index (χ1n) is 5.14. The molecular weight excluding hydrogens is 198 g/mol. The van der Waals surface area contributed by atoms with E-state index in [-0.39, 0.29) is 5.91 Å². The molecule has 2 N–H and O–H groups in total. The van der Waals surface area contributed by atoms with Gasteiger partial charge in [0.15, 0.2) is 0 Å². The molecule has 0 bridgehead atoms. The zero-order valence-corrected chi connectivity index (χ0v) is 9.10. The van der Waals surface area contributed by atoms with Gasteiger partial charge in [-0.15, -0.1) is 0 Å². The van der Waals surface area contributed by atoms with Crippen LogP contribution < -0.4 is 5.73 Å². The first-order chi connectivity index (χ1) is 7.68. The lowest BCUT2D eigenvalue weighted by molar-refractivity contribution is 0.1000. The summed E-state index contributed by atoms with van der Waals surface area (Å²) in [6.45, 7) is 1.98. The molecule has 0 radical (unpaired) electrons. The monoisotopic (exact) mass is 211 g/mol. The molecule has 0 spiro atoms. The number of rotatable bonds is 2. The molecule has 0 aliphatic heterocycles. The van der Waals surface area contributed by atoms with E-state index in [1.54, 1.807) is 6.07 Å². The Bertz CT molecular complexity index is 518. The number of carbonyl (C=O) groups excluding carboxylic acids is 1. The molecule has 0 aliphatic carbocycles. The molecule has 2 heteroatoms. The molecule has 0 heterocycles. The van der Waals surface area contributed by atoms with Crippen molar-refractivity contribution < 1.29 is 4.79 Å². The van der Waals surface area contributed by atoms with Crippen molar-refractivity contribution in [2.75, 3.05) is 0 Å². The maximum absolute atomic E-state index is 11.0. The van der Waals surface area contributed by atoms with Gasteiger partial charge in [-0.2, -0.15) is 0 Å². The molecule has 0 saturated carbocycles. The van der Waals surface area contributed by atoms with Gasteiger partial charge in [-0.05, 0) is 35.7 Å². The number of hydrogen-bond donors (Lipinski definition) is 1. The van der Waals surface area contributed by atoms with Gasteiger partial charge in [-0.1, -0.05) is 36.4 Å². The summed E-state index contributed by atoms with van der Waals surface area (Å²) in [5, 5.41) is 0. The van der Waals surface area contributed by atoms with Crippen molar-refractivity contribution in [1.82, 2.24) is 0 Å². The van der Waals surface area contributed by atoms with Gasteiger partial charge in [-0.25, -0.2) is 0 Å². The largest absolute Gasteiger partial charge is 0.366 e. The molecule has 2 rings (SSSR count). The number of amides is 1. The summed E-state index contributed by atoms with van der Waals surface area (Å²) in [4.78, 5) is 11.0. The van der Waals surface area contributed by atoms with Crippen LogP contribution in [0.3, 0.4) is 0 Å². The number of aryl methyl sites for hydroxylation is 1. The molecule has 0 atom stereocenters. The minimum Gasteiger partial charge on any atom is -0.366 e. The topological polar surface area (TPSA) is 43.1 Å². The van der Waals surface area contributed by atoms with E-state index in [1.165, 1.54) is 0 Å². The minimum atomic E-state index is -0.386. The highest BCUT2D eigenvalue weighted by Crippen LogP contribution is 2.23. The quantitative estimate of drug-likeness (QED) is 0.815. The van der Waals surface area contributed by atoms with Crippen molar-refractivity contribution in [2.24, 2.45) is 5.73 Å². The Hall–Kier alpha value is -2.09. The number of carbonyl (C=O) groups is 1. The Morgan fingerprint density at radius 1 is 1.06 bits per heavy atom. The fourth-order valence-electron chi connectivity index (χ4n) is 1.76. The Morgan fingerprint density at radius 3 is 2.31 bits per heavy atom. The normalized spacial score (nSPS) is 10.1. The highest BCUT2D eigenvalue weighted by atomic mass is 16.1. The van der Waals surface area contributed by atoms with Crippen molar-refractivity contribution in [3.63, 3.8) is 0 Å². The number of benzene rings is 2. The van der Waals surface area contributed by atoms with E-state index in [0.29, 0.717) is 5.56 Å². The van der Waals surface area contributed by atoms with Crippen LogP contribution in [0.15, 0.2) is 48.5 Å². The standard InChI is InChI=1S/C14H13NO/c1-10-9-12(14(15)16)7-8-13(10)11-5-3-2-4-6-11/h2-9H,1H3,(H2,15,16). The minimum absolute atomic E-state index is 0.386. The van der Waals surface area contributed by atoms with Crippen molar-refractivity contribution in [2.45, 2.75) is 6.92 Å². The third kappa shape index (κ3) is 1.96. The summed E-state index contributed by atoms with van der Waals surface area (Å²) >= 11 is 0. The van der Waals surface area contributed by atoms with Crippen LogP contribution in [-0.2, 0) is 0 Å². The van der Waals surface area contributed by atoms with Gasteiger partial charge >= 0.3 is 0 Å². The zero-order chi connectivity index (χ0) is 11.5. The van der Waals surface area contributed by atoms with Crippen LogP contribution in [0.4, 0.5) is 0 Å². The van der Waals surface area contributed by atoms with Gasteiger partial charge in [0.25, 0.3) is 0 Å². The predicted octanol–water partition coefficient (Wildman–Crippen LogP) is 2.76. The summed E-state index contributed by atoms with van der Waals surface area (Å²) in [5.74, 6) is -0.386. The van der Waals surface area contributed by atoms with Crippen LogP contribution in [-0.4, -0.2) is 5.91 Å². The molecule has 0 unspecified atom stereocenters. The lowest BCUT2D eigenvalue weighted by Crippen LogP contribution is -2.10. The molecule has 2 nitrogen and oxygen atoms in total. The van der Waals surface area contributed by atoms with Crippen molar-refractivity contribution >= 4 is 5.91 Å². The Kier molecular flexibility index (Phi) is 2.73. The predicted molar refractivity (Wildman–Crippen MR) is 65.1 cm³/mol. The molecule has 0 aromatic heterocycles. The van der Waals surface area contributed by atoms with Gasteiger partial charge < -0.3 is 5.73 Å². The second-order valence-corrected chi connectivity index (χ2v) is 3.76. The lowest BCUT2D eigenvalue weighted by Gasteiger charge is -2.07. The van der Waals surface area contributed by atoms with E-state index in [0.717, 1.165) is 16.7 Å². The molecule has 0 fully saturated rings. The van der Waals surface area contributed by atoms with Gasteiger partial charge in [0.1, 0.15) is 0 Å². The molecule has 2 aromatic carbocycles. The second-order valence-electron chi connectivity index (χ2n) is 3.76. The van der Waals surface area contributed by atoms with Gasteiger partial charge in [0.2, 0.25) is 5.91 Å². The summed E-state index contributed by atoms with van der Waals surface area (Å²) in [7, 11) is 0. The van der Waals surface area contributed by atoms with Gasteiger partial charge in [-0.3, -0.25) is 4.79 Å². The molecule has 0 aliphatic rings. The van der Waals surface area contributed by atoms with Crippen LogP contribution in [0.1, 0.15) is 15.9 Å². The molecule has 0 saturated heterocycles. The number of primary amides is 1. The van der Waals surface area contributed by atoms with E-state index in [1.807, 2.05) is 49.4 Å². The Labute approximate surface area is 94.7 Å². The summed E-state index contributed by atoms with van der Waals surface area (Å²) < 4.78 is 0. The zero-order valence-electron chi connectivity index (χ0n) is 9.10. The summed E-state index contributed by atoms with van der Waals surface area (Å²) in [5.41, 5.74) is 9.12. The van der Waals surface area contributed by atoms with E-state index >= 15 is 0 Å². The first-order valence-corrected chi connectivity index (χ1v) is 5.14. The average molecular weight is 211 g/mol. The second kappa shape index (κ2) is 4.19. The van der Waals surface area contributed by atoms with Crippen molar-refractivity contribution in [3.05, 3.63) is 59.7 Å². The van der Waals surface area contributed by atoms with Crippen LogP contribution in [0.2, 0.25) is 0 Å². The SMILES string of the molecule is Cc1cc(C(N)=O)ccc1-c1ccccc1. The van der Waals surface area contributed by atoms with Crippen LogP contribution in [0.5, 0.6) is 0 Å². The number of hydrogen-bond acceptors (Lipinski definition) is 1. The van der Waals surface area contributed by atoms with Gasteiger partial charge in [0, 0.05) is 5.56 Å². The van der Waals surface area contributed by atoms with Crippen LogP contribution in [0, 0.1) is 6.92 Å². The molecular formula is C14H13NO. The smallest absolute Gasteiger partial charge is 0.248 e. The maximum atomic E-state index is 11.0.